The molecular weight excluding hydrogens is 856 g/mol. The van der Waals surface area contributed by atoms with Gasteiger partial charge in [-0.15, -0.1) is 0 Å². The topological polar surface area (TPSA) is 145 Å². The Balaban J connectivity index is 0.000000196. The summed E-state index contributed by atoms with van der Waals surface area (Å²) in [5.41, 5.74) is 13.5. The summed E-state index contributed by atoms with van der Waals surface area (Å²) in [6.07, 6.45) is 9.13. The van der Waals surface area contributed by atoms with Crippen LogP contribution in [0.5, 0.6) is 0 Å². The van der Waals surface area contributed by atoms with Gasteiger partial charge < -0.3 is 24.9 Å². The molecule has 11 nitrogen and oxygen atoms in total. The van der Waals surface area contributed by atoms with E-state index in [9.17, 15) is 9.59 Å². The number of halogens is 1. The van der Waals surface area contributed by atoms with E-state index in [-0.39, 0.29) is 11.6 Å². The van der Waals surface area contributed by atoms with Crippen LogP contribution in [0.1, 0.15) is 75.1 Å². The number of Topliss-reactive ketones (excluding diaryl/α,β-unsaturated/α-hetero) is 2. The molecule has 1 aliphatic heterocycles. The number of rotatable bonds is 10. The number of aromatic nitrogens is 6. The normalized spacial score (nSPS) is 14.2. The van der Waals surface area contributed by atoms with Crippen LogP contribution >= 0.6 is 22.6 Å². The minimum atomic E-state index is -1.15. The molecule has 0 saturated carbocycles. The van der Waals surface area contributed by atoms with Crippen molar-refractivity contribution in [1.82, 2.24) is 29.5 Å². The number of ether oxygens (including phenoxy) is 1. The maximum Gasteiger partial charge on any atom is 0.171 e. The molecule has 306 valence electrons. The Morgan fingerprint density at radius 3 is 2.10 bits per heavy atom. The van der Waals surface area contributed by atoms with E-state index in [4.69, 9.17) is 20.4 Å². The predicted molar refractivity (Wildman–Crippen MR) is 246 cm³/mol. The zero-order chi connectivity index (χ0) is 42.0. The van der Waals surface area contributed by atoms with Gasteiger partial charge in [0, 0.05) is 77.4 Å². The molecule has 4 aromatic heterocycles. The van der Waals surface area contributed by atoms with Crippen molar-refractivity contribution in [3.05, 3.63) is 88.0 Å². The minimum absolute atomic E-state index is 0.0578. The van der Waals surface area contributed by atoms with Crippen LogP contribution in [0, 0.1) is 14.4 Å². The highest BCUT2D eigenvalue weighted by Crippen LogP contribution is 2.31. The minimum Gasteiger partial charge on any atom is -0.371 e. The number of hydrogen-bond donors (Lipinski definition) is 2. The van der Waals surface area contributed by atoms with Crippen LogP contribution in [0.2, 0.25) is 25.7 Å². The Kier molecular flexibility index (Phi) is 13.1. The van der Waals surface area contributed by atoms with Crippen LogP contribution < -0.4 is 10.6 Å². The van der Waals surface area contributed by atoms with E-state index in [1.54, 1.807) is 18.6 Å². The van der Waals surface area contributed by atoms with Crippen LogP contribution in [0.3, 0.4) is 0 Å². The molecule has 1 aliphatic rings. The molecule has 0 amide bonds. The monoisotopic (exact) mass is 912 g/mol. The summed E-state index contributed by atoms with van der Waals surface area (Å²) in [7, 11) is -1.15. The fourth-order valence-electron chi connectivity index (χ4n) is 6.68. The number of carbonyl (C=O) groups excluding carboxylic acids is 2. The molecule has 0 aliphatic carbocycles. The number of carbonyl (C=O) groups is 2. The molecule has 0 atom stereocenters. The van der Waals surface area contributed by atoms with Crippen molar-refractivity contribution in [1.29, 1.82) is 0 Å². The van der Waals surface area contributed by atoms with E-state index in [1.807, 2.05) is 82.6 Å². The van der Waals surface area contributed by atoms with Gasteiger partial charge in [0.1, 0.15) is 17.8 Å². The molecule has 0 unspecified atom stereocenters. The van der Waals surface area contributed by atoms with Crippen molar-refractivity contribution in [2.24, 2.45) is 16.6 Å². The molecule has 3 N–H and O–H groups in total. The SMILES string of the molecule is CC(C)(C)C(=O)c1c[nH]c2ncc(-c3cccc(N4CCC(N)CC4)c3)nc12.CC(C)(C)C(=O)c1cn(COCC[Si](C)(C)C)c2ncc(-c3cccc(I)c3)nc12. The van der Waals surface area contributed by atoms with Crippen LogP contribution in [-0.4, -0.2) is 74.9 Å². The number of nitrogens with two attached hydrogens (primary N) is 1. The first-order chi connectivity index (χ1) is 27.3. The predicted octanol–water partition coefficient (Wildman–Crippen LogP) is 10.0. The van der Waals surface area contributed by atoms with Gasteiger partial charge in [0.2, 0.25) is 0 Å². The third-order valence-electron chi connectivity index (χ3n) is 10.2. The smallest absolute Gasteiger partial charge is 0.171 e. The number of ketones is 2. The van der Waals surface area contributed by atoms with Crippen LogP contribution in [0.25, 0.3) is 44.8 Å². The average molecular weight is 913 g/mol. The number of nitrogens with one attached hydrogen (secondary N) is 1. The Bertz CT molecular complexity index is 2410. The lowest BCUT2D eigenvalue weighted by molar-refractivity contribution is 0.0846. The van der Waals surface area contributed by atoms with Gasteiger partial charge in [-0.05, 0) is 65.7 Å². The van der Waals surface area contributed by atoms with Crippen molar-refractivity contribution in [3.63, 3.8) is 0 Å². The first-order valence-electron chi connectivity index (χ1n) is 20.0. The summed E-state index contributed by atoms with van der Waals surface area (Å²) in [6.45, 7) is 21.6. The second kappa shape index (κ2) is 17.5. The van der Waals surface area contributed by atoms with E-state index in [0.717, 1.165) is 58.1 Å². The first-order valence-corrected chi connectivity index (χ1v) is 24.8. The first kappa shape index (κ1) is 43.3. The lowest BCUT2D eigenvalue weighted by Crippen LogP contribution is -2.39. The molecule has 0 radical (unpaired) electrons. The number of benzene rings is 2. The van der Waals surface area contributed by atoms with E-state index < -0.39 is 18.9 Å². The van der Waals surface area contributed by atoms with Gasteiger partial charge in [0.15, 0.2) is 22.9 Å². The van der Waals surface area contributed by atoms with Crippen molar-refractivity contribution >= 4 is 70.2 Å². The zero-order valence-corrected chi connectivity index (χ0v) is 38.5. The number of H-pyrrole nitrogens is 1. The van der Waals surface area contributed by atoms with Crippen molar-refractivity contribution in [3.8, 4) is 22.5 Å². The Hall–Kier alpha value is -4.31. The van der Waals surface area contributed by atoms with Gasteiger partial charge in [-0.1, -0.05) is 85.4 Å². The van der Waals surface area contributed by atoms with E-state index >= 15 is 0 Å². The fourth-order valence-corrected chi connectivity index (χ4v) is 7.98. The number of fused-ring (bicyclic) bond motifs is 2. The average Bonchev–Trinajstić information content (AvgIpc) is 3.76. The maximum atomic E-state index is 13.1. The van der Waals surface area contributed by atoms with Crippen molar-refractivity contribution in [2.45, 2.75) is 92.8 Å². The number of anilines is 1. The van der Waals surface area contributed by atoms with E-state index in [2.05, 4.69) is 80.3 Å². The molecule has 0 spiro atoms. The molecule has 1 saturated heterocycles. The van der Waals surface area contributed by atoms with Crippen LogP contribution in [0.4, 0.5) is 5.69 Å². The molecule has 7 rings (SSSR count). The van der Waals surface area contributed by atoms with E-state index in [0.29, 0.717) is 52.8 Å². The molecule has 2 aromatic carbocycles. The molecule has 1 fully saturated rings. The summed E-state index contributed by atoms with van der Waals surface area (Å²) in [5.74, 6) is 0.117. The zero-order valence-electron chi connectivity index (χ0n) is 35.3. The third-order valence-corrected chi connectivity index (χ3v) is 12.6. The largest absolute Gasteiger partial charge is 0.371 e. The summed E-state index contributed by atoms with van der Waals surface area (Å²) in [4.78, 5) is 50.2. The second-order valence-electron chi connectivity index (χ2n) is 18.5. The van der Waals surface area contributed by atoms with E-state index in [1.165, 1.54) is 5.69 Å². The van der Waals surface area contributed by atoms with Crippen LogP contribution in [0.15, 0.2) is 73.3 Å². The van der Waals surface area contributed by atoms with Gasteiger partial charge in [-0.2, -0.15) is 0 Å². The standard InChI is InChI=1S/C23H30IN3O2Si.C22H27N5O/c1-23(2,3)21(28)18-14-27(15-29-10-11-30(4,5)6)22-20(18)26-19(13-25-22)16-8-7-9-17(24)12-16;1-22(2,3)20(28)17-12-24-21-19(17)26-18(13-25-21)14-5-4-6-16(11-14)27-9-7-15(23)8-10-27/h7-9,12-14H,10-11,15H2,1-6H3;4-6,11-13,15H,7-10,23H2,1-3H3,(H,24,25). The van der Waals surface area contributed by atoms with Gasteiger partial charge in [0.05, 0.1) is 34.9 Å². The molecule has 13 heteroatoms. The summed E-state index contributed by atoms with van der Waals surface area (Å²) in [5, 5.41) is 0. The summed E-state index contributed by atoms with van der Waals surface area (Å²) in [6, 6.07) is 17.9. The number of nitrogens with zero attached hydrogens (tertiary/aromatic N) is 6. The highest BCUT2D eigenvalue weighted by Gasteiger charge is 2.29. The summed E-state index contributed by atoms with van der Waals surface area (Å²) >= 11 is 2.29. The lowest BCUT2D eigenvalue weighted by Gasteiger charge is -2.32. The Morgan fingerprint density at radius 1 is 0.862 bits per heavy atom. The molecule has 6 aromatic rings. The second-order valence-corrected chi connectivity index (χ2v) is 25.4. The van der Waals surface area contributed by atoms with Gasteiger partial charge >= 0.3 is 0 Å². The number of piperidine rings is 1. The lowest BCUT2D eigenvalue weighted by atomic mass is 9.87. The molecule has 0 bridgehead atoms. The molecule has 58 heavy (non-hydrogen) atoms. The molecular formula is C45H57IN8O3Si. The van der Waals surface area contributed by atoms with Gasteiger partial charge in [-0.3, -0.25) is 9.59 Å². The van der Waals surface area contributed by atoms with Crippen molar-refractivity contribution in [2.75, 3.05) is 24.6 Å². The molecule has 5 heterocycles. The van der Waals surface area contributed by atoms with Crippen LogP contribution in [-0.2, 0) is 11.5 Å². The number of hydrogen-bond acceptors (Lipinski definition) is 9. The fraction of sp³-hybridized carbons (Fsp3) is 0.422. The highest BCUT2D eigenvalue weighted by atomic mass is 127. The Morgan fingerprint density at radius 2 is 1.47 bits per heavy atom. The highest BCUT2D eigenvalue weighted by molar-refractivity contribution is 14.1. The maximum absolute atomic E-state index is 13.1. The quantitative estimate of drug-likeness (QED) is 0.0594. The Labute approximate surface area is 356 Å². The third kappa shape index (κ3) is 10.5. The van der Waals surface area contributed by atoms with Gasteiger partial charge in [0.25, 0.3) is 0 Å². The van der Waals surface area contributed by atoms with Crippen molar-refractivity contribution < 1.29 is 14.3 Å². The number of aromatic amines is 1. The summed E-state index contributed by atoms with van der Waals surface area (Å²) < 4.78 is 8.97. The van der Waals surface area contributed by atoms with Gasteiger partial charge in [-0.25, -0.2) is 19.9 Å².